The van der Waals surface area contributed by atoms with E-state index in [1.165, 1.54) is 11.0 Å². The fraction of sp³-hybridized carbons (Fsp3) is 0.316. The van der Waals surface area contributed by atoms with Gasteiger partial charge in [0.25, 0.3) is 0 Å². The lowest BCUT2D eigenvalue weighted by Crippen LogP contribution is -2.65. The molecule has 2 aliphatic rings. The maximum absolute atomic E-state index is 14.0. The molecule has 1 fully saturated rings. The Kier molecular flexibility index (Phi) is 3.39. The molecule has 2 amide bonds. The van der Waals surface area contributed by atoms with Gasteiger partial charge in [0.15, 0.2) is 17.2 Å². The third kappa shape index (κ3) is 2.32. The second kappa shape index (κ2) is 5.37. The molecule has 0 aliphatic carbocycles. The number of rotatable bonds is 2. The van der Waals surface area contributed by atoms with E-state index in [0.717, 1.165) is 5.56 Å². The number of para-hydroxylation sites is 1. The van der Waals surface area contributed by atoms with Gasteiger partial charge in [-0.15, -0.1) is 0 Å². The molecule has 2 atom stereocenters. The van der Waals surface area contributed by atoms with Crippen molar-refractivity contribution in [1.29, 1.82) is 0 Å². The molecule has 2 bridgehead atoms. The molecule has 2 heterocycles. The van der Waals surface area contributed by atoms with Crippen molar-refractivity contribution in [3.63, 3.8) is 0 Å². The zero-order valence-corrected chi connectivity index (χ0v) is 14.3. The number of carbonyl (C=O) groups is 1. The third-order valence-corrected chi connectivity index (χ3v) is 4.90. The molecule has 0 spiro atoms. The molecule has 4 rings (SSSR count). The zero-order chi connectivity index (χ0) is 17.8. The van der Waals surface area contributed by atoms with E-state index in [1.54, 1.807) is 26.2 Å². The number of carbonyl (C=O) groups excluding carboxylic acids is 1. The fourth-order valence-corrected chi connectivity index (χ4v) is 3.63. The standard InChI is InChI=1S/C19H19FN2O3/c1-11-7-8-12(9-14(11)20)22-18(23)21-15-10-19(22,2)25-17-13(15)5-4-6-16(17)24-3/h4-9,15H,10H2,1-3H3,(H,21,23). The van der Waals surface area contributed by atoms with Crippen LogP contribution in [0.5, 0.6) is 11.5 Å². The highest BCUT2D eigenvalue weighted by molar-refractivity contribution is 5.95. The predicted octanol–water partition coefficient (Wildman–Crippen LogP) is 3.91. The van der Waals surface area contributed by atoms with Gasteiger partial charge in [0.05, 0.1) is 18.8 Å². The summed E-state index contributed by atoms with van der Waals surface area (Å²) in [6, 6.07) is 9.87. The molecule has 5 nitrogen and oxygen atoms in total. The van der Waals surface area contributed by atoms with Crippen LogP contribution in [-0.2, 0) is 0 Å². The first-order valence-corrected chi connectivity index (χ1v) is 8.16. The number of halogens is 1. The predicted molar refractivity (Wildman–Crippen MR) is 91.5 cm³/mol. The molecule has 2 aromatic carbocycles. The number of hydrogen-bond acceptors (Lipinski definition) is 3. The second-order valence-electron chi connectivity index (χ2n) is 6.63. The van der Waals surface area contributed by atoms with Gasteiger partial charge >= 0.3 is 6.03 Å². The maximum Gasteiger partial charge on any atom is 0.325 e. The Morgan fingerprint density at radius 3 is 2.88 bits per heavy atom. The highest BCUT2D eigenvalue weighted by Crippen LogP contribution is 2.49. The molecule has 2 aliphatic heterocycles. The summed E-state index contributed by atoms with van der Waals surface area (Å²) in [7, 11) is 1.58. The first kappa shape index (κ1) is 15.7. The quantitative estimate of drug-likeness (QED) is 0.900. The van der Waals surface area contributed by atoms with E-state index >= 15 is 0 Å². The number of benzene rings is 2. The summed E-state index contributed by atoms with van der Waals surface area (Å²) in [6.07, 6.45) is 0.550. The van der Waals surface area contributed by atoms with Gasteiger partial charge in [0.2, 0.25) is 0 Å². The first-order valence-electron chi connectivity index (χ1n) is 8.16. The molecule has 1 saturated heterocycles. The molecule has 0 radical (unpaired) electrons. The Hall–Kier alpha value is -2.76. The van der Waals surface area contributed by atoms with Crippen molar-refractivity contribution in [2.45, 2.75) is 32.0 Å². The van der Waals surface area contributed by atoms with Crippen LogP contribution < -0.4 is 19.7 Å². The molecular weight excluding hydrogens is 323 g/mol. The minimum Gasteiger partial charge on any atom is -0.493 e. The summed E-state index contributed by atoms with van der Waals surface area (Å²) < 4.78 is 25.7. The Bertz CT molecular complexity index is 870. The lowest BCUT2D eigenvalue weighted by Gasteiger charge is -2.50. The van der Waals surface area contributed by atoms with E-state index < -0.39 is 5.72 Å². The van der Waals surface area contributed by atoms with Crippen LogP contribution in [-0.4, -0.2) is 18.9 Å². The van der Waals surface area contributed by atoms with E-state index in [4.69, 9.17) is 9.47 Å². The van der Waals surface area contributed by atoms with Crippen molar-refractivity contribution in [2.75, 3.05) is 12.0 Å². The van der Waals surface area contributed by atoms with Gasteiger partial charge in [-0.3, -0.25) is 4.90 Å². The molecule has 25 heavy (non-hydrogen) atoms. The minimum absolute atomic E-state index is 0.178. The average Bonchev–Trinajstić information content (AvgIpc) is 2.57. The van der Waals surface area contributed by atoms with Crippen molar-refractivity contribution < 1.29 is 18.7 Å². The smallest absolute Gasteiger partial charge is 0.325 e. The van der Waals surface area contributed by atoms with Crippen molar-refractivity contribution in [3.8, 4) is 11.5 Å². The van der Waals surface area contributed by atoms with Crippen LogP contribution in [0.1, 0.15) is 30.5 Å². The number of nitrogens with one attached hydrogen (secondary N) is 1. The van der Waals surface area contributed by atoms with E-state index in [1.807, 2.05) is 25.1 Å². The number of nitrogens with zero attached hydrogens (tertiary/aromatic N) is 1. The maximum atomic E-state index is 14.0. The Morgan fingerprint density at radius 1 is 1.36 bits per heavy atom. The number of hydrogen-bond donors (Lipinski definition) is 1. The van der Waals surface area contributed by atoms with Gasteiger partial charge in [-0.05, 0) is 37.6 Å². The van der Waals surface area contributed by atoms with Gasteiger partial charge in [0, 0.05) is 12.0 Å². The topological polar surface area (TPSA) is 50.8 Å². The fourth-order valence-electron chi connectivity index (χ4n) is 3.63. The van der Waals surface area contributed by atoms with Crippen molar-refractivity contribution in [1.82, 2.24) is 5.32 Å². The van der Waals surface area contributed by atoms with E-state index in [0.29, 0.717) is 29.2 Å². The number of fused-ring (bicyclic) bond motifs is 4. The largest absolute Gasteiger partial charge is 0.493 e. The molecule has 130 valence electrons. The molecule has 2 aromatic rings. The zero-order valence-electron chi connectivity index (χ0n) is 14.3. The molecule has 1 N–H and O–H groups in total. The van der Waals surface area contributed by atoms with Crippen LogP contribution in [0.4, 0.5) is 14.9 Å². The van der Waals surface area contributed by atoms with E-state index in [9.17, 15) is 9.18 Å². The van der Waals surface area contributed by atoms with Gasteiger partial charge in [-0.25, -0.2) is 9.18 Å². The lowest BCUT2D eigenvalue weighted by atomic mass is 9.90. The molecular formula is C19H19FN2O3. The van der Waals surface area contributed by atoms with Gasteiger partial charge in [-0.2, -0.15) is 0 Å². The van der Waals surface area contributed by atoms with Crippen LogP contribution in [0.15, 0.2) is 36.4 Å². The van der Waals surface area contributed by atoms with Crippen LogP contribution in [0.3, 0.4) is 0 Å². The first-order chi connectivity index (χ1) is 11.9. The Labute approximate surface area is 145 Å². The summed E-state index contributed by atoms with van der Waals surface area (Å²) in [6.45, 7) is 3.53. The monoisotopic (exact) mass is 342 g/mol. The Morgan fingerprint density at radius 2 is 2.16 bits per heavy atom. The number of anilines is 1. The summed E-state index contributed by atoms with van der Waals surface area (Å²) in [5.41, 5.74) is 0.941. The number of urea groups is 1. The number of amides is 2. The molecule has 0 saturated carbocycles. The summed E-state index contributed by atoms with van der Waals surface area (Å²) >= 11 is 0. The Balaban J connectivity index is 1.82. The van der Waals surface area contributed by atoms with Crippen molar-refractivity contribution >= 4 is 11.7 Å². The number of aryl methyl sites for hydroxylation is 1. The molecule has 6 heteroatoms. The second-order valence-corrected chi connectivity index (χ2v) is 6.63. The lowest BCUT2D eigenvalue weighted by molar-refractivity contribution is 0.0349. The van der Waals surface area contributed by atoms with E-state index in [2.05, 4.69) is 5.32 Å². The number of methoxy groups -OCH3 is 1. The summed E-state index contributed by atoms with van der Waals surface area (Å²) in [5.74, 6) is 0.866. The summed E-state index contributed by atoms with van der Waals surface area (Å²) in [5, 5.41) is 2.99. The van der Waals surface area contributed by atoms with Crippen LogP contribution >= 0.6 is 0 Å². The minimum atomic E-state index is -0.934. The average molecular weight is 342 g/mol. The van der Waals surface area contributed by atoms with Crippen molar-refractivity contribution in [3.05, 3.63) is 53.3 Å². The van der Waals surface area contributed by atoms with Gasteiger partial charge in [0.1, 0.15) is 5.82 Å². The van der Waals surface area contributed by atoms with Crippen LogP contribution in [0.25, 0.3) is 0 Å². The van der Waals surface area contributed by atoms with Crippen LogP contribution in [0.2, 0.25) is 0 Å². The SMILES string of the molecule is COc1cccc2c1OC1(C)CC2NC(=O)N1c1ccc(C)c(F)c1. The third-order valence-electron chi connectivity index (χ3n) is 4.90. The number of ether oxygens (including phenoxy) is 2. The van der Waals surface area contributed by atoms with Gasteiger partial charge in [-0.1, -0.05) is 18.2 Å². The normalized spacial score (nSPS) is 24.2. The van der Waals surface area contributed by atoms with Crippen molar-refractivity contribution in [2.24, 2.45) is 0 Å². The van der Waals surface area contributed by atoms with E-state index in [-0.39, 0.29) is 17.9 Å². The highest BCUT2D eigenvalue weighted by atomic mass is 19.1. The summed E-state index contributed by atoms with van der Waals surface area (Å²) in [4.78, 5) is 14.2. The molecule has 0 aromatic heterocycles. The molecule has 2 unspecified atom stereocenters. The highest BCUT2D eigenvalue weighted by Gasteiger charge is 2.50. The van der Waals surface area contributed by atoms with Crippen LogP contribution in [0, 0.1) is 12.7 Å². The van der Waals surface area contributed by atoms with Gasteiger partial charge < -0.3 is 14.8 Å².